The standard InChI is InChI=1S/C11H17N5O/c1-2-12-10-7-11(14-8-13-10)16-5-3-15(9-17)4-6-16/h7-9H,2-6H2,1H3,(H,12,13,14). The van der Waals surface area contributed by atoms with E-state index in [-0.39, 0.29) is 0 Å². The van der Waals surface area contributed by atoms with Gasteiger partial charge in [0.1, 0.15) is 18.0 Å². The third-order valence-corrected chi connectivity index (χ3v) is 2.80. The molecule has 1 fully saturated rings. The van der Waals surface area contributed by atoms with E-state index in [1.165, 1.54) is 0 Å². The Labute approximate surface area is 101 Å². The molecule has 1 aliphatic rings. The van der Waals surface area contributed by atoms with Gasteiger partial charge in [-0.1, -0.05) is 0 Å². The number of piperazine rings is 1. The monoisotopic (exact) mass is 235 g/mol. The molecule has 1 aromatic heterocycles. The van der Waals surface area contributed by atoms with Crippen LogP contribution in [-0.2, 0) is 4.79 Å². The molecule has 17 heavy (non-hydrogen) atoms. The zero-order chi connectivity index (χ0) is 12.1. The Kier molecular flexibility index (Phi) is 3.74. The van der Waals surface area contributed by atoms with Gasteiger partial charge in [0.2, 0.25) is 6.41 Å². The van der Waals surface area contributed by atoms with Crippen LogP contribution in [-0.4, -0.2) is 54.0 Å². The molecule has 0 bridgehead atoms. The third-order valence-electron chi connectivity index (χ3n) is 2.80. The van der Waals surface area contributed by atoms with Crippen molar-refractivity contribution in [3.8, 4) is 0 Å². The highest BCUT2D eigenvalue weighted by atomic mass is 16.1. The minimum Gasteiger partial charge on any atom is -0.370 e. The predicted molar refractivity (Wildman–Crippen MR) is 66.0 cm³/mol. The number of amides is 1. The summed E-state index contributed by atoms with van der Waals surface area (Å²) in [5, 5.41) is 3.16. The van der Waals surface area contributed by atoms with E-state index in [1.807, 2.05) is 13.0 Å². The lowest BCUT2D eigenvalue weighted by molar-refractivity contribution is -0.118. The Balaban J connectivity index is 2.02. The van der Waals surface area contributed by atoms with Crippen LogP contribution < -0.4 is 10.2 Å². The van der Waals surface area contributed by atoms with Gasteiger partial charge in [0, 0.05) is 38.8 Å². The highest BCUT2D eigenvalue weighted by molar-refractivity contribution is 5.51. The Morgan fingerprint density at radius 1 is 1.35 bits per heavy atom. The fourth-order valence-corrected chi connectivity index (χ4v) is 1.85. The molecule has 92 valence electrons. The van der Waals surface area contributed by atoms with Crippen molar-refractivity contribution in [1.29, 1.82) is 0 Å². The van der Waals surface area contributed by atoms with E-state index >= 15 is 0 Å². The molecule has 0 saturated carbocycles. The van der Waals surface area contributed by atoms with Crippen molar-refractivity contribution in [2.45, 2.75) is 6.92 Å². The first kappa shape index (κ1) is 11.6. The number of nitrogens with one attached hydrogen (secondary N) is 1. The van der Waals surface area contributed by atoms with Crippen molar-refractivity contribution in [2.75, 3.05) is 42.9 Å². The fraction of sp³-hybridized carbons (Fsp3) is 0.545. The molecule has 0 atom stereocenters. The lowest BCUT2D eigenvalue weighted by Crippen LogP contribution is -2.46. The first-order chi connectivity index (χ1) is 8.33. The van der Waals surface area contributed by atoms with E-state index in [4.69, 9.17) is 0 Å². The number of rotatable bonds is 4. The Hall–Kier alpha value is -1.85. The summed E-state index contributed by atoms with van der Waals surface area (Å²) in [4.78, 5) is 23.0. The van der Waals surface area contributed by atoms with E-state index in [1.54, 1.807) is 11.2 Å². The number of carbonyl (C=O) groups excluding carboxylic acids is 1. The van der Waals surface area contributed by atoms with E-state index in [2.05, 4.69) is 20.2 Å². The quantitative estimate of drug-likeness (QED) is 0.755. The van der Waals surface area contributed by atoms with Gasteiger partial charge in [0.15, 0.2) is 0 Å². The molecule has 1 aliphatic heterocycles. The molecule has 0 aromatic carbocycles. The maximum atomic E-state index is 10.6. The zero-order valence-electron chi connectivity index (χ0n) is 9.96. The first-order valence-corrected chi connectivity index (χ1v) is 5.83. The molecule has 1 saturated heterocycles. The second-order valence-corrected chi connectivity index (χ2v) is 3.92. The molecule has 2 heterocycles. The van der Waals surface area contributed by atoms with Gasteiger partial charge in [0.05, 0.1) is 0 Å². The maximum Gasteiger partial charge on any atom is 0.209 e. The van der Waals surface area contributed by atoms with Gasteiger partial charge in [-0.25, -0.2) is 9.97 Å². The SMILES string of the molecule is CCNc1cc(N2CCN(C=O)CC2)ncn1. The van der Waals surface area contributed by atoms with Crippen LogP contribution in [0.15, 0.2) is 12.4 Å². The molecular formula is C11H17N5O. The largest absolute Gasteiger partial charge is 0.370 e. The molecule has 6 heteroatoms. The van der Waals surface area contributed by atoms with Crippen LogP contribution in [0.25, 0.3) is 0 Å². The van der Waals surface area contributed by atoms with Gasteiger partial charge in [-0.3, -0.25) is 4.79 Å². The summed E-state index contributed by atoms with van der Waals surface area (Å²) < 4.78 is 0. The van der Waals surface area contributed by atoms with Gasteiger partial charge in [-0.15, -0.1) is 0 Å². The number of hydrogen-bond acceptors (Lipinski definition) is 5. The van der Waals surface area contributed by atoms with E-state index in [9.17, 15) is 4.79 Å². The van der Waals surface area contributed by atoms with Crippen molar-refractivity contribution >= 4 is 18.0 Å². The molecule has 0 radical (unpaired) electrons. The number of aromatic nitrogens is 2. The zero-order valence-corrected chi connectivity index (χ0v) is 9.96. The molecule has 0 unspecified atom stereocenters. The van der Waals surface area contributed by atoms with Crippen LogP contribution in [0.2, 0.25) is 0 Å². The predicted octanol–water partition coefficient (Wildman–Crippen LogP) is 0.187. The molecule has 1 aromatic rings. The average molecular weight is 235 g/mol. The summed E-state index contributed by atoms with van der Waals surface area (Å²) in [7, 11) is 0. The summed E-state index contributed by atoms with van der Waals surface area (Å²) >= 11 is 0. The number of carbonyl (C=O) groups is 1. The Morgan fingerprint density at radius 3 is 2.76 bits per heavy atom. The fourth-order valence-electron chi connectivity index (χ4n) is 1.85. The lowest BCUT2D eigenvalue weighted by atomic mass is 10.3. The number of hydrogen-bond donors (Lipinski definition) is 1. The minimum atomic E-state index is 0.754. The van der Waals surface area contributed by atoms with Gasteiger partial charge in [-0.05, 0) is 6.92 Å². The van der Waals surface area contributed by atoms with Crippen LogP contribution >= 0.6 is 0 Å². The molecule has 2 rings (SSSR count). The van der Waals surface area contributed by atoms with E-state index in [0.29, 0.717) is 0 Å². The van der Waals surface area contributed by atoms with Crippen LogP contribution in [0.1, 0.15) is 6.92 Å². The summed E-state index contributed by atoms with van der Waals surface area (Å²) in [6.45, 7) is 6.02. The van der Waals surface area contributed by atoms with Gasteiger partial charge < -0.3 is 15.1 Å². The third kappa shape index (κ3) is 2.83. The van der Waals surface area contributed by atoms with Crippen molar-refractivity contribution in [3.63, 3.8) is 0 Å². The van der Waals surface area contributed by atoms with Crippen molar-refractivity contribution < 1.29 is 4.79 Å². The summed E-state index contributed by atoms with van der Waals surface area (Å²) in [5.41, 5.74) is 0. The molecule has 1 N–H and O–H groups in total. The Bertz CT molecular complexity index is 376. The van der Waals surface area contributed by atoms with Crippen molar-refractivity contribution in [2.24, 2.45) is 0 Å². The molecular weight excluding hydrogens is 218 g/mol. The first-order valence-electron chi connectivity index (χ1n) is 5.83. The summed E-state index contributed by atoms with van der Waals surface area (Å²) in [6.07, 6.45) is 2.47. The van der Waals surface area contributed by atoms with Crippen LogP contribution in [0.4, 0.5) is 11.6 Å². The normalized spacial score (nSPS) is 15.8. The number of anilines is 2. The average Bonchev–Trinajstić information content (AvgIpc) is 2.40. The molecule has 0 aliphatic carbocycles. The highest BCUT2D eigenvalue weighted by Gasteiger charge is 2.16. The summed E-state index contributed by atoms with van der Waals surface area (Å²) in [5.74, 6) is 1.76. The van der Waals surface area contributed by atoms with Crippen LogP contribution in [0.5, 0.6) is 0 Å². The van der Waals surface area contributed by atoms with Gasteiger partial charge in [-0.2, -0.15) is 0 Å². The summed E-state index contributed by atoms with van der Waals surface area (Å²) in [6, 6.07) is 1.94. The van der Waals surface area contributed by atoms with Crippen molar-refractivity contribution in [1.82, 2.24) is 14.9 Å². The smallest absolute Gasteiger partial charge is 0.209 e. The van der Waals surface area contributed by atoms with E-state index in [0.717, 1.165) is 50.8 Å². The molecule has 1 amide bonds. The van der Waals surface area contributed by atoms with Crippen LogP contribution in [0.3, 0.4) is 0 Å². The van der Waals surface area contributed by atoms with Crippen molar-refractivity contribution in [3.05, 3.63) is 12.4 Å². The second kappa shape index (κ2) is 5.47. The highest BCUT2D eigenvalue weighted by Crippen LogP contribution is 2.15. The van der Waals surface area contributed by atoms with Gasteiger partial charge in [0.25, 0.3) is 0 Å². The lowest BCUT2D eigenvalue weighted by Gasteiger charge is -2.33. The second-order valence-electron chi connectivity index (χ2n) is 3.92. The van der Waals surface area contributed by atoms with Gasteiger partial charge >= 0.3 is 0 Å². The van der Waals surface area contributed by atoms with E-state index < -0.39 is 0 Å². The maximum absolute atomic E-state index is 10.6. The number of nitrogens with zero attached hydrogens (tertiary/aromatic N) is 4. The molecule has 6 nitrogen and oxygen atoms in total. The van der Waals surface area contributed by atoms with Crippen LogP contribution in [0, 0.1) is 0 Å². The molecule has 0 spiro atoms. The topological polar surface area (TPSA) is 61.4 Å². The minimum absolute atomic E-state index is 0.754. The Morgan fingerprint density at radius 2 is 2.12 bits per heavy atom.